The number of benzene rings is 1. The van der Waals surface area contributed by atoms with Crippen molar-refractivity contribution in [3.05, 3.63) is 24.3 Å². The number of nitrogens with one attached hydrogen (secondary N) is 2. The molecule has 1 aromatic rings. The molecule has 0 aliphatic heterocycles. The second kappa shape index (κ2) is 12.7. The molecule has 2 rings (SSSR count). The Labute approximate surface area is 177 Å². The lowest BCUT2D eigenvalue weighted by atomic mass is 9.96. The summed E-state index contributed by atoms with van der Waals surface area (Å²) in [6.07, 6.45) is 4.65. The van der Waals surface area contributed by atoms with Gasteiger partial charge >= 0.3 is 12.0 Å². The summed E-state index contributed by atoms with van der Waals surface area (Å²) in [5.41, 5.74) is 0. The van der Waals surface area contributed by atoms with Gasteiger partial charge in [0.2, 0.25) is 0 Å². The third kappa shape index (κ3) is 8.31. The van der Waals surface area contributed by atoms with Gasteiger partial charge in [-0.05, 0) is 45.2 Å². The van der Waals surface area contributed by atoms with Crippen LogP contribution in [-0.4, -0.2) is 43.3 Å². The molecule has 0 bridgehead atoms. The van der Waals surface area contributed by atoms with Crippen LogP contribution in [0.15, 0.2) is 24.3 Å². The number of urea groups is 1. The Hall–Kier alpha value is -2.77. The number of ether oxygens (including phenoxy) is 3. The number of rotatable bonds is 10. The van der Waals surface area contributed by atoms with Crippen LogP contribution >= 0.6 is 0 Å². The van der Waals surface area contributed by atoms with Crippen LogP contribution in [0.1, 0.15) is 58.8 Å². The van der Waals surface area contributed by atoms with Crippen LogP contribution in [0.25, 0.3) is 0 Å². The van der Waals surface area contributed by atoms with Crippen molar-refractivity contribution in [1.29, 1.82) is 0 Å². The van der Waals surface area contributed by atoms with E-state index in [1.807, 2.05) is 25.1 Å². The summed E-state index contributed by atoms with van der Waals surface area (Å²) >= 11 is 0. The molecule has 8 nitrogen and oxygen atoms in total. The summed E-state index contributed by atoms with van der Waals surface area (Å²) in [4.78, 5) is 35.9. The summed E-state index contributed by atoms with van der Waals surface area (Å²) in [5, 5.41) is 5.03. The standard InChI is InChI=1S/C22H32N2O6/c1-3-28-18-12-7-8-13-19(18)29-15-9-14-20(25)30-16(2)21(26)24-22(27)23-17-10-5-4-6-11-17/h7-8,12-13,16-17H,3-6,9-11,14-15H2,1-2H3,(H2,23,24,26,27)/t16-/m0/s1. The van der Waals surface area contributed by atoms with E-state index in [9.17, 15) is 14.4 Å². The van der Waals surface area contributed by atoms with Crippen LogP contribution in [0.5, 0.6) is 11.5 Å². The van der Waals surface area contributed by atoms with Gasteiger partial charge in [-0.2, -0.15) is 0 Å². The lowest BCUT2D eigenvalue weighted by Crippen LogP contribution is -2.48. The summed E-state index contributed by atoms with van der Waals surface area (Å²) in [5.74, 6) is 0.106. The van der Waals surface area contributed by atoms with Gasteiger partial charge in [-0.15, -0.1) is 0 Å². The van der Waals surface area contributed by atoms with E-state index in [0.29, 0.717) is 31.1 Å². The number of hydrogen-bond acceptors (Lipinski definition) is 6. The number of para-hydroxylation sites is 2. The van der Waals surface area contributed by atoms with Gasteiger partial charge in [0.05, 0.1) is 13.2 Å². The van der Waals surface area contributed by atoms with E-state index < -0.39 is 24.0 Å². The Bertz CT molecular complexity index is 703. The van der Waals surface area contributed by atoms with E-state index in [-0.39, 0.29) is 12.5 Å². The number of hydrogen-bond donors (Lipinski definition) is 2. The lowest BCUT2D eigenvalue weighted by Gasteiger charge is -2.23. The first kappa shape index (κ1) is 23.5. The molecule has 0 heterocycles. The molecule has 1 fully saturated rings. The smallest absolute Gasteiger partial charge is 0.321 e. The van der Waals surface area contributed by atoms with E-state index in [1.165, 1.54) is 13.3 Å². The van der Waals surface area contributed by atoms with Gasteiger partial charge in [-0.25, -0.2) is 4.79 Å². The quantitative estimate of drug-likeness (QED) is 0.445. The molecule has 1 atom stereocenters. The number of carbonyl (C=O) groups excluding carboxylic acids is 3. The van der Waals surface area contributed by atoms with Gasteiger partial charge in [-0.1, -0.05) is 31.4 Å². The molecule has 166 valence electrons. The van der Waals surface area contributed by atoms with Gasteiger partial charge < -0.3 is 19.5 Å². The minimum atomic E-state index is -1.05. The average molecular weight is 421 g/mol. The molecule has 1 aliphatic rings. The third-order valence-electron chi connectivity index (χ3n) is 4.79. The first-order valence-electron chi connectivity index (χ1n) is 10.6. The highest BCUT2D eigenvalue weighted by atomic mass is 16.5. The molecule has 3 amide bonds. The molecular formula is C22H32N2O6. The zero-order valence-electron chi connectivity index (χ0n) is 17.8. The molecular weight excluding hydrogens is 388 g/mol. The van der Waals surface area contributed by atoms with E-state index >= 15 is 0 Å². The molecule has 30 heavy (non-hydrogen) atoms. The minimum Gasteiger partial charge on any atom is -0.490 e. The molecule has 1 aromatic carbocycles. The second-order valence-corrected chi connectivity index (χ2v) is 7.26. The van der Waals surface area contributed by atoms with Crippen molar-refractivity contribution in [3.63, 3.8) is 0 Å². The summed E-state index contributed by atoms with van der Waals surface area (Å²) < 4.78 is 16.2. The Kier molecular flexibility index (Phi) is 9.97. The molecule has 1 saturated carbocycles. The zero-order valence-corrected chi connectivity index (χ0v) is 17.8. The maximum atomic E-state index is 12.1. The SMILES string of the molecule is CCOc1ccccc1OCCCC(=O)O[C@@H](C)C(=O)NC(=O)NC1CCCCC1. The fourth-order valence-corrected chi connectivity index (χ4v) is 3.23. The van der Waals surface area contributed by atoms with Crippen molar-refractivity contribution in [1.82, 2.24) is 10.6 Å². The summed E-state index contributed by atoms with van der Waals surface area (Å²) in [7, 11) is 0. The maximum absolute atomic E-state index is 12.1. The zero-order chi connectivity index (χ0) is 21.8. The highest BCUT2D eigenvalue weighted by molar-refractivity contribution is 5.97. The molecule has 1 aliphatic carbocycles. The second-order valence-electron chi connectivity index (χ2n) is 7.26. The van der Waals surface area contributed by atoms with Gasteiger partial charge in [0.15, 0.2) is 17.6 Å². The molecule has 0 unspecified atom stereocenters. The largest absolute Gasteiger partial charge is 0.490 e. The van der Waals surface area contributed by atoms with Gasteiger partial charge in [0.25, 0.3) is 5.91 Å². The average Bonchev–Trinajstić information content (AvgIpc) is 2.73. The normalized spacial score (nSPS) is 15.0. The monoisotopic (exact) mass is 420 g/mol. The fraction of sp³-hybridized carbons (Fsp3) is 0.591. The molecule has 0 saturated heterocycles. The van der Waals surface area contributed by atoms with Crippen LogP contribution in [0.4, 0.5) is 4.79 Å². The number of amides is 3. The summed E-state index contributed by atoms with van der Waals surface area (Å²) in [6, 6.07) is 6.87. The first-order chi connectivity index (χ1) is 14.5. The molecule has 0 spiro atoms. The topological polar surface area (TPSA) is 103 Å². The van der Waals surface area contributed by atoms with E-state index in [2.05, 4.69) is 10.6 Å². The minimum absolute atomic E-state index is 0.0947. The maximum Gasteiger partial charge on any atom is 0.321 e. The Morgan fingerprint density at radius 1 is 1.07 bits per heavy atom. The Balaban J connectivity index is 1.63. The number of imide groups is 1. The van der Waals surface area contributed by atoms with E-state index in [4.69, 9.17) is 14.2 Å². The van der Waals surface area contributed by atoms with Crippen molar-refractivity contribution in [2.24, 2.45) is 0 Å². The predicted octanol–water partition coefficient (Wildman–Crippen LogP) is 3.33. The lowest BCUT2D eigenvalue weighted by molar-refractivity contribution is -0.154. The fourth-order valence-electron chi connectivity index (χ4n) is 3.23. The Morgan fingerprint density at radius 2 is 1.73 bits per heavy atom. The van der Waals surface area contributed by atoms with Crippen molar-refractivity contribution in [3.8, 4) is 11.5 Å². The van der Waals surface area contributed by atoms with Crippen LogP contribution in [-0.2, 0) is 14.3 Å². The predicted molar refractivity (Wildman–Crippen MR) is 111 cm³/mol. The van der Waals surface area contributed by atoms with Crippen molar-refractivity contribution >= 4 is 17.9 Å². The third-order valence-corrected chi connectivity index (χ3v) is 4.79. The first-order valence-corrected chi connectivity index (χ1v) is 10.6. The van der Waals surface area contributed by atoms with Crippen LogP contribution in [0.2, 0.25) is 0 Å². The molecule has 0 aromatic heterocycles. The molecule has 8 heteroatoms. The van der Waals surface area contributed by atoms with E-state index in [1.54, 1.807) is 6.07 Å². The van der Waals surface area contributed by atoms with Crippen LogP contribution in [0.3, 0.4) is 0 Å². The van der Waals surface area contributed by atoms with Gasteiger partial charge in [0, 0.05) is 12.5 Å². The highest BCUT2D eigenvalue weighted by Gasteiger charge is 2.22. The van der Waals surface area contributed by atoms with Crippen molar-refractivity contribution < 1.29 is 28.6 Å². The highest BCUT2D eigenvalue weighted by Crippen LogP contribution is 2.26. The molecule has 2 N–H and O–H groups in total. The van der Waals surface area contributed by atoms with Crippen molar-refractivity contribution in [2.75, 3.05) is 13.2 Å². The summed E-state index contributed by atoms with van der Waals surface area (Å²) in [6.45, 7) is 4.18. The van der Waals surface area contributed by atoms with Gasteiger partial charge in [-0.3, -0.25) is 14.9 Å². The molecule has 0 radical (unpaired) electrons. The van der Waals surface area contributed by atoms with Crippen molar-refractivity contribution in [2.45, 2.75) is 70.9 Å². The van der Waals surface area contributed by atoms with Crippen LogP contribution in [0, 0.1) is 0 Å². The number of carbonyl (C=O) groups is 3. The van der Waals surface area contributed by atoms with Crippen LogP contribution < -0.4 is 20.1 Å². The number of esters is 1. The van der Waals surface area contributed by atoms with E-state index in [0.717, 1.165) is 25.7 Å². The van der Waals surface area contributed by atoms with Gasteiger partial charge in [0.1, 0.15) is 0 Å². The Morgan fingerprint density at radius 3 is 2.40 bits per heavy atom.